The number of piperidine rings is 1. The van der Waals surface area contributed by atoms with Gasteiger partial charge in [0.15, 0.2) is 0 Å². The molecule has 0 aromatic heterocycles. The number of hydrogen-bond donors (Lipinski definition) is 0. The van der Waals surface area contributed by atoms with Crippen LogP contribution in [0.4, 0.5) is 0 Å². The highest BCUT2D eigenvalue weighted by Gasteiger charge is 2.18. The van der Waals surface area contributed by atoms with Gasteiger partial charge in [0.2, 0.25) is 0 Å². The average Bonchev–Trinajstić information content (AvgIpc) is 2.16. The second kappa shape index (κ2) is 5.82. The van der Waals surface area contributed by atoms with Crippen molar-refractivity contribution in [1.29, 1.82) is 5.26 Å². The maximum Gasteiger partial charge on any atom is 0.0625 e. The van der Waals surface area contributed by atoms with Gasteiger partial charge in [0.25, 0.3) is 0 Å². The lowest BCUT2D eigenvalue weighted by Gasteiger charge is -2.30. The summed E-state index contributed by atoms with van der Waals surface area (Å²) in [6.45, 7) is 7.64. The molecule has 2 nitrogen and oxygen atoms in total. The summed E-state index contributed by atoms with van der Waals surface area (Å²) in [5.74, 6) is 0.610. The normalized spacial score (nSPS) is 22.8. The van der Waals surface area contributed by atoms with Gasteiger partial charge >= 0.3 is 0 Å². The van der Waals surface area contributed by atoms with Crippen LogP contribution in [0.5, 0.6) is 0 Å². The van der Waals surface area contributed by atoms with E-state index in [0.29, 0.717) is 5.92 Å². The third-order valence-electron chi connectivity index (χ3n) is 2.74. The van der Waals surface area contributed by atoms with Crippen molar-refractivity contribution in [2.45, 2.75) is 33.1 Å². The highest BCUT2D eigenvalue weighted by Crippen LogP contribution is 2.18. The number of nitrogens with zero attached hydrogens (tertiary/aromatic N) is 2. The summed E-state index contributed by atoms with van der Waals surface area (Å²) in [4.78, 5) is 2.46. The zero-order chi connectivity index (χ0) is 10.4. The van der Waals surface area contributed by atoms with Gasteiger partial charge in [0, 0.05) is 19.5 Å². The fraction of sp³-hybridized carbons (Fsp3) is 0.750. The van der Waals surface area contributed by atoms with Gasteiger partial charge in [0.1, 0.15) is 0 Å². The van der Waals surface area contributed by atoms with Crippen molar-refractivity contribution in [3.63, 3.8) is 0 Å². The smallest absolute Gasteiger partial charge is 0.0625 e. The molecular formula is C12H20N2. The van der Waals surface area contributed by atoms with Gasteiger partial charge in [-0.05, 0) is 39.2 Å². The maximum atomic E-state index is 8.64. The summed E-state index contributed by atoms with van der Waals surface area (Å²) in [6.07, 6.45) is 5.49. The van der Waals surface area contributed by atoms with E-state index in [1.807, 2.05) is 0 Å². The second-order valence-electron chi connectivity index (χ2n) is 4.41. The highest BCUT2D eigenvalue weighted by molar-refractivity contribution is 4.95. The Bertz CT molecular complexity index is 233. The standard InChI is InChI=1S/C12H20N2/c1-11(2)6-9-14-8-3-4-12(10-14)5-7-13/h6,12H,3-5,8-10H2,1-2H3. The van der Waals surface area contributed by atoms with Gasteiger partial charge in [-0.3, -0.25) is 4.90 Å². The summed E-state index contributed by atoms with van der Waals surface area (Å²) < 4.78 is 0. The predicted molar refractivity (Wildman–Crippen MR) is 58.8 cm³/mol. The molecule has 14 heavy (non-hydrogen) atoms. The van der Waals surface area contributed by atoms with Crippen molar-refractivity contribution in [1.82, 2.24) is 4.90 Å². The molecule has 1 aliphatic rings. The fourth-order valence-corrected chi connectivity index (χ4v) is 1.92. The van der Waals surface area contributed by atoms with Crippen LogP contribution in [0.2, 0.25) is 0 Å². The van der Waals surface area contributed by atoms with Crippen LogP contribution in [0, 0.1) is 17.2 Å². The second-order valence-corrected chi connectivity index (χ2v) is 4.41. The van der Waals surface area contributed by atoms with Crippen LogP contribution in [-0.4, -0.2) is 24.5 Å². The van der Waals surface area contributed by atoms with Crippen LogP contribution in [0.15, 0.2) is 11.6 Å². The van der Waals surface area contributed by atoms with Gasteiger partial charge in [-0.1, -0.05) is 11.6 Å². The molecule has 0 saturated carbocycles. The van der Waals surface area contributed by atoms with Gasteiger partial charge in [-0.15, -0.1) is 0 Å². The molecule has 2 heteroatoms. The zero-order valence-corrected chi connectivity index (χ0v) is 9.29. The van der Waals surface area contributed by atoms with E-state index in [0.717, 1.165) is 19.5 Å². The van der Waals surface area contributed by atoms with Crippen LogP contribution in [0.25, 0.3) is 0 Å². The molecule has 0 spiro atoms. The minimum atomic E-state index is 0.610. The summed E-state index contributed by atoms with van der Waals surface area (Å²) in [5.41, 5.74) is 1.38. The summed E-state index contributed by atoms with van der Waals surface area (Å²) in [7, 11) is 0. The van der Waals surface area contributed by atoms with Crippen LogP contribution in [0.1, 0.15) is 33.1 Å². The monoisotopic (exact) mass is 192 g/mol. The van der Waals surface area contributed by atoms with E-state index in [1.54, 1.807) is 0 Å². The average molecular weight is 192 g/mol. The first-order valence-electron chi connectivity index (χ1n) is 5.45. The van der Waals surface area contributed by atoms with Crippen molar-refractivity contribution < 1.29 is 0 Å². The third kappa shape index (κ3) is 3.93. The zero-order valence-electron chi connectivity index (χ0n) is 9.29. The molecule has 0 aliphatic carbocycles. The molecule has 0 aromatic rings. The van der Waals surface area contributed by atoms with E-state index in [4.69, 9.17) is 5.26 Å². The summed E-state index contributed by atoms with van der Waals surface area (Å²) >= 11 is 0. The lowest BCUT2D eigenvalue weighted by Crippen LogP contribution is -2.35. The number of rotatable bonds is 3. The Kier molecular flexibility index (Phi) is 4.69. The molecule has 0 bridgehead atoms. The third-order valence-corrected chi connectivity index (χ3v) is 2.74. The molecule has 1 aliphatic heterocycles. The number of allylic oxidation sites excluding steroid dienone is 1. The van der Waals surface area contributed by atoms with E-state index in [-0.39, 0.29) is 0 Å². The molecule has 1 saturated heterocycles. The molecule has 0 amide bonds. The Morgan fingerprint density at radius 2 is 2.36 bits per heavy atom. The molecular weight excluding hydrogens is 172 g/mol. The van der Waals surface area contributed by atoms with E-state index in [9.17, 15) is 0 Å². The SMILES string of the molecule is CC(C)=CCN1CCCC(CC#N)C1. The molecule has 1 fully saturated rings. The van der Waals surface area contributed by atoms with Crippen LogP contribution >= 0.6 is 0 Å². The Hall–Kier alpha value is -0.810. The molecule has 0 aromatic carbocycles. The fourth-order valence-electron chi connectivity index (χ4n) is 1.92. The van der Waals surface area contributed by atoms with Crippen LogP contribution < -0.4 is 0 Å². The van der Waals surface area contributed by atoms with Crippen molar-refractivity contribution in [3.05, 3.63) is 11.6 Å². The first kappa shape index (κ1) is 11.3. The van der Waals surface area contributed by atoms with Gasteiger partial charge < -0.3 is 0 Å². The molecule has 0 N–H and O–H groups in total. The van der Waals surface area contributed by atoms with Gasteiger partial charge in [0.05, 0.1) is 6.07 Å². The van der Waals surface area contributed by atoms with Crippen LogP contribution in [0.3, 0.4) is 0 Å². The predicted octanol–water partition coefficient (Wildman–Crippen LogP) is 2.58. The lowest BCUT2D eigenvalue weighted by molar-refractivity contribution is 0.193. The number of likely N-dealkylation sites (tertiary alicyclic amines) is 1. The van der Waals surface area contributed by atoms with Crippen molar-refractivity contribution in [2.24, 2.45) is 5.92 Å². The van der Waals surface area contributed by atoms with Crippen molar-refractivity contribution in [3.8, 4) is 6.07 Å². The molecule has 1 heterocycles. The van der Waals surface area contributed by atoms with Crippen LogP contribution in [-0.2, 0) is 0 Å². The van der Waals surface area contributed by atoms with E-state index < -0.39 is 0 Å². The highest BCUT2D eigenvalue weighted by atomic mass is 15.1. The molecule has 1 unspecified atom stereocenters. The first-order chi connectivity index (χ1) is 6.72. The Morgan fingerprint density at radius 3 is 3.00 bits per heavy atom. The molecule has 0 radical (unpaired) electrons. The number of hydrogen-bond acceptors (Lipinski definition) is 2. The summed E-state index contributed by atoms with van der Waals surface area (Å²) in [6, 6.07) is 2.28. The Balaban J connectivity index is 2.33. The number of nitriles is 1. The van der Waals surface area contributed by atoms with Crippen molar-refractivity contribution in [2.75, 3.05) is 19.6 Å². The Labute approximate surface area is 87.2 Å². The van der Waals surface area contributed by atoms with E-state index in [2.05, 4.69) is 30.9 Å². The molecule has 1 atom stereocenters. The topological polar surface area (TPSA) is 27.0 Å². The first-order valence-corrected chi connectivity index (χ1v) is 5.45. The quantitative estimate of drug-likeness (QED) is 0.643. The molecule has 78 valence electrons. The maximum absolute atomic E-state index is 8.64. The van der Waals surface area contributed by atoms with Gasteiger partial charge in [-0.2, -0.15) is 5.26 Å². The Morgan fingerprint density at radius 1 is 1.57 bits per heavy atom. The summed E-state index contributed by atoms with van der Waals surface area (Å²) in [5, 5.41) is 8.64. The largest absolute Gasteiger partial charge is 0.299 e. The van der Waals surface area contributed by atoms with Crippen molar-refractivity contribution >= 4 is 0 Å². The van der Waals surface area contributed by atoms with E-state index >= 15 is 0 Å². The van der Waals surface area contributed by atoms with Gasteiger partial charge in [-0.25, -0.2) is 0 Å². The van der Waals surface area contributed by atoms with E-state index in [1.165, 1.54) is 25.0 Å². The molecule has 1 rings (SSSR count). The lowest BCUT2D eigenvalue weighted by atomic mass is 9.95. The minimum Gasteiger partial charge on any atom is -0.299 e. The minimum absolute atomic E-state index is 0.610.